The summed E-state index contributed by atoms with van der Waals surface area (Å²) in [7, 11) is 3.82. The van der Waals surface area contributed by atoms with Gasteiger partial charge in [0.1, 0.15) is 0 Å². The van der Waals surface area contributed by atoms with Crippen LogP contribution in [0.3, 0.4) is 0 Å². The number of anilines is 1. The van der Waals surface area contributed by atoms with Crippen LogP contribution in [0.4, 0.5) is 5.69 Å². The second kappa shape index (κ2) is 6.99. The highest BCUT2D eigenvalue weighted by Crippen LogP contribution is 2.26. The van der Waals surface area contributed by atoms with E-state index in [1.807, 2.05) is 6.92 Å². The highest BCUT2D eigenvalue weighted by atomic mass is 79.9. The van der Waals surface area contributed by atoms with Gasteiger partial charge in [0, 0.05) is 43.5 Å². The van der Waals surface area contributed by atoms with Crippen molar-refractivity contribution in [2.45, 2.75) is 19.4 Å². The van der Waals surface area contributed by atoms with Gasteiger partial charge in [-0.2, -0.15) is 0 Å². The van der Waals surface area contributed by atoms with Gasteiger partial charge in [-0.05, 0) is 31.0 Å². The smallest absolute Gasteiger partial charge is 0.0479 e. The molecule has 0 aliphatic heterocycles. The van der Waals surface area contributed by atoms with Crippen LogP contribution >= 0.6 is 15.9 Å². The number of hydrogen-bond donors (Lipinski definition) is 1. The van der Waals surface area contributed by atoms with Crippen LogP contribution in [0.1, 0.15) is 24.9 Å². The molecule has 1 aromatic rings. The molecular formula is C13H21BrN2O. The molecule has 0 saturated carbocycles. The standard InChI is InChI=1S/C13H21BrN2O/c1-10(15)12-6-5-11(9-13(12)14)16(2)7-4-8-17-3/h5-6,9-10H,4,7-8,15H2,1-3H3/t10-/m0/s1. The van der Waals surface area contributed by atoms with E-state index in [9.17, 15) is 0 Å². The lowest BCUT2D eigenvalue weighted by molar-refractivity contribution is 0.196. The summed E-state index contributed by atoms with van der Waals surface area (Å²) in [5.41, 5.74) is 8.21. The predicted molar refractivity (Wildman–Crippen MR) is 76.5 cm³/mol. The average Bonchev–Trinajstić information content (AvgIpc) is 2.28. The van der Waals surface area contributed by atoms with Crippen molar-refractivity contribution in [2.24, 2.45) is 5.73 Å². The Morgan fingerprint density at radius 3 is 2.71 bits per heavy atom. The topological polar surface area (TPSA) is 38.5 Å². The molecule has 0 spiro atoms. The van der Waals surface area contributed by atoms with E-state index in [0.29, 0.717) is 0 Å². The van der Waals surface area contributed by atoms with Gasteiger partial charge in [0.05, 0.1) is 0 Å². The maximum absolute atomic E-state index is 5.88. The maximum Gasteiger partial charge on any atom is 0.0479 e. The van der Waals surface area contributed by atoms with Crippen LogP contribution in [0, 0.1) is 0 Å². The van der Waals surface area contributed by atoms with E-state index in [1.54, 1.807) is 7.11 Å². The first-order valence-electron chi connectivity index (χ1n) is 5.81. The van der Waals surface area contributed by atoms with E-state index in [-0.39, 0.29) is 6.04 Å². The number of nitrogens with two attached hydrogens (primary N) is 1. The summed E-state index contributed by atoms with van der Waals surface area (Å²) >= 11 is 3.57. The Labute approximate surface area is 112 Å². The normalized spacial score (nSPS) is 12.5. The van der Waals surface area contributed by atoms with Crippen molar-refractivity contribution in [1.82, 2.24) is 0 Å². The van der Waals surface area contributed by atoms with Crippen LogP contribution in [-0.4, -0.2) is 27.3 Å². The van der Waals surface area contributed by atoms with Crippen LogP contribution in [0.25, 0.3) is 0 Å². The van der Waals surface area contributed by atoms with Crippen LogP contribution in [0.15, 0.2) is 22.7 Å². The van der Waals surface area contributed by atoms with E-state index in [4.69, 9.17) is 10.5 Å². The highest BCUT2D eigenvalue weighted by molar-refractivity contribution is 9.10. The molecular weight excluding hydrogens is 280 g/mol. The van der Waals surface area contributed by atoms with Gasteiger partial charge < -0.3 is 15.4 Å². The van der Waals surface area contributed by atoms with Crippen molar-refractivity contribution in [2.75, 3.05) is 32.2 Å². The molecule has 0 aromatic heterocycles. The summed E-state index contributed by atoms with van der Waals surface area (Å²) in [4.78, 5) is 2.22. The Kier molecular flexibility index (Phi) is 5.95. The van der Waals surface area contributed by atoms with Gasteiger partial charge in [-0.15, -0.1) is 0 Å². The predicted octanol–water partition coefficient (Wildman–Crippen LogP) is 2.94. The van der Waals surface area contributed by atoms with Crippen LogP contribution in [0.2, 0.25) is 0 Å². The number of hydrogen-bond acceptors (Lipinski definition) is 3. The Hall–Kier alpha value is -0.580. The second-order valence-electron chi connectivity index (χ2n) is 4.26. The third kappa shape index (κ3) is 4.30. The molecule has 0 unspecified atom stereocenters. The fourth-order valence-electron chi connectivity index (χ4n) is 1.70. The summed E-state index contributed by atoms with van der Waals surface area (Å²) in [6.45, 7) is 3.77. The molecule has 0 saturated heterocycles. The first kappa shape index (κ1) is 14.5. The lowest BCUT2D eigenvalue weighted by Crippen LogP contribution is -2.20. The van der Waals surface area contributed by atoms with Crippen molar-refractivity contribution < 1.29 is 4.74 Å². The minimum absolute atomic E-state index is 0.0530. The summed E-state index contributed by atoms with van der Waals surface area (Å²) in [6, 6.07) is 6.36. The first-order chi connectivity index (χ1) is 8.06. The molecule has 0 aliphatic carbocycles. The molecule has 0 heterocycles. The molecule has 96 valence electrons. The Morgan fingerprint density at radius 2 is 2.18 bits per heavy atom. The van der Waals surface area contributed by atoms with Gasteiger partial charge in [0.15, 0.2) is 0 Å². The summed E-state index contributed by atoms with van der Waals surface area (Å²) in [5.74, 6) is 0. The van der Waals surface area contributed by atoms with Gasteiger partial charge in [0.25, 0.3) is 0 Å². The van der Waals surface area contributed by atoms with E-state index >= 15 is 0 Å². The molecule has 1 aromatic carbocycles. The third-order valence-electron chi connectivity index (χ3n) is 2.76. The second-order valence-corrected chi connectivity index (χ2v) is 5.12. The van der Waals surface area contributed by atoms with Gasteiger partial charge in [0.2, 0.25) is 0 Å². The van der Waals surface area contributed by atoms with Gasteiger partial charge in [-0.3, -0.25) is 0 Å². The summed E-state index contributed by atoms with van der Waals surface area (Å²) < 4.78 is 6.12. The monoisotopic (exact) mass is 300 g/mol. The summed E-state index contributed by atoms with van der Waals surface area (Å²) in [6.07, 6.45) is 1.03. The highest BCUT2D eigenvalue weighted by Gasteiger charge is 2.07. The SMILES string of the molecule is COCCCN(C)c1ccc([C@H](C)N)c(Br)c1. The number of nitrogens with zero attached hydrogens (tertiary/aromatic N) is 1. The first-order valence-corrected chi connectivity index (χ1v) is 6.60. The van der Waals surface area contributed by atoms with Crippen molar-refractivity contribution >= 4 is 21.6 Å². The molecule has 1 atom stereocenters. The molecule has 1 rings (SSSR count). The van der Waals surface area contributed by atoms with Gasteiger partial charge >= 0.3 is 0 Å². The molecule has 17 heavy (non-hydrogen) atoms. The van der Waals surface area contributed by atoms with Crippen LogP contribution < -0.4 is 10.6 Å². The third-order valence-corrected chi connectivity index (χ3v) is 3.44. The lowest BCUT2D eigenvalue weighted by atomic mass is 10.1. The number of rotatable bonds is 6. The van der Waals surface area contributed by atoms with E-state index in [1.165, 1.54) is 5.69 Å². The Morgan fingerprint density at radius 1 is 1.47 bits per heavy atom. The van der Waals surface area contributed by atoms with Gasteiger partial charge in [-0.25, -0.2) is 0 Å². The zero-order valence-electron chi connectivity index (χ0n) is 10.7. The van der Waals surface area contributed by atoms with Crippen LogP contribution in [-0.2, 0) is 4.74 Å². The molecule has 0 bridgehead atoms. The largest absolute Gasteiger partial charge is 0.385 e. The number of halogens is 1. The number of benzene rings is 1. The van der Waals surface area contributed by atoms with E-state index in [0.717, 1.165) is 29.6 Å². The molecule has 0 amide bonds. The molecule has 0 radical (unpaired) electrons. The van der Waals surface area contributed by atoms with Crippen LogP contribution in [0.5, 0.6) is 0 Å². The molecule has 4 heteroatoms. The fraction of sp³-hybridized carbons (Fsp3) is 0.538. The van der Waals surface area contributed by atoms with Crippen molar-refractivity contribution in [3.8, 4) is 0 Å². The van der Waals surface area contributed by atoms with Crippen molar-refractivity contribution in [3.63, 3.8) is 0 Å². The Bertz CT molecular complexity index is 355. The van der Waals surface area contributed by atoms with Crippen molar-refractivity contribution in [3.05, 3.63) is 28.2 Å². The zero-order chi connectivity index (χ0) is 12.8. The van der Waals surface area contributed by atoms with E-state index < -0.39 is 0 Å². The van der Waals surface area contributed by atoms with Gasteiger partial charge in [-0.1, -0.05) is 22.0 Å². The summed E-state index contributed by atoms with van der Waals surface area (Å²) in [5, 5.41) is 0. The minimum atomic E-state index is 0.0530. The maximum atomic E-state index is 5.88. The fourth-order valence-corrected chi connectivity index (χ4v) is 2.43. The van der Waals surface area contributed by atoms with Crippen molar-refractivity contribution in [1.29, 1.82) is 0 Å². The molecule has 0 fully saturated rings. The number of ether oxygens (including phenoxy) is 1. The quantitative estimate of drug-likeness (QED) is 0.821. The minimum Gasteiger partial charge on any atom is -0.385 e. The average molecular weight is 301 g/mol. The Balaban J connectivity index is 2.69. The zero-order valence-corrected chi connectivity index (χ0v) is 12.3. The lowest BCUT2D eigenvalue weighted by Gasteiger charge is -2.20. The number of methoxy groups -OCH3 is 1. The van der Waals surface area contributed by atoms with E-state index in [2.05, 4.69) is 46.1 Å². The molecule has 3 nitrogen and oxygen atoms in total. The molecule has 0 aliphatic rings. The molecule has 2 N–H and O–H groups in total.